The van der Waals surface area contributed by atoms with Crippen molar-refractivity contribution in [3.63, 3.8) is 0 Å². The first kappa shape index (κ1) is 15.9. The summed E-state index contributed by atoms with van der Waals surface area (Å²) in [7, 11) is -3.68. The van der Waals surface area contributed by atoms with Gasteiger partial charge in [0.05, 0.1) is 3.79 Å². The Morgan fingerprint density at radius 3 is 2.80 bits per heavy atom. The minimum atomic E-state index is -3.68. The van der Waals surface area contributed by atoms with Crippen molar-refractivity contribution in [1.29, 1.82) is 0 Å². The number of carboxylic acids is 1. The molecule has 1 aliphatic heterocycles. The predicted octanol–water partition coefficient (Wildman–Crippen LogP) is 1.60. The molecule has 0 bridgehead atoms. The normalized spacial score (nSPS) is 20.4. The van der Waals surface area contributed by atoms with Crippen molar-refractivity contribution in [3.8, 4) is 0 Å². The number of carboxylic acid groups (broad SMARTS) is 1. The van der Waals surface area contributed by atoms with E-state index >= 15 is 0 Å². The van der Waals surface area contributed by atoms with Gasteiger partial charge in [0.2, 0.25) is 10.0 Å². The number of hydrogen-bond donors (Lipinski definition) is 2. The van der Waals surface area contributed by atoms with Crippen molar-refractivity contribution in [2.75, 3.05) is 19.7 Å². The summed E-state index contributed by atoms with van der Waals surface area (Å²) in [5, 5.41) is 17.8. The van der Waals surface area contributed by atoms with Crippen molar-refractivity contribution in [2.24, 2.45) is 5.92 Å². The lowest BCUT2D eigenvalue weighted by molar-refractivity contribution is 0.0702. The van der Waals surface area contributed by atoms with Gasteiger partial charge in [0.1, 0.15) is 9.77 Å². The van der Waals surface area contributed by atoms with E-state index in [0.29, 0.717) is 29.7 Å². The fourth-order valence-electron chi connectivity index (χ4n) is 2.21. The van der Waals surface area contributed by atoms with Gasteiger partial charge in [-0.25, -0.2) is 13.2 Å². The third-order valence-corrected chi connectivity index (χ3v) is 7.38. The monoisotopic (exact) mass is 383 g/mol. The van der Waals surface area contributed by atoms with Crippen LogP contribution in [0.3, 0.4) is 0 Å². The summed E-state index contributed by atoms with van der Waals surface area (Å²) in [5.74, 6) is -0.983. The molecule has 1 fully saturated rings. The molecule has 0 saturated carbocycles. The molecule has 0 aliphatic carbocycles. The molecule has 0 amide bonds. The van der Waals surface area contributed by atoms with E-state index in [-0.39, 0.29) is 22.3 Å². The Kier molecular flexibility index (Phi) is 4.85. The maximum atomic E-state index is 12.5. The fourth-order valence-corrected chi connectivity index (χ4v) is 6.09. The minimum Gasteiger partial charge on any atom is -0.477 e. The third-order valence-electron chi connectivity index (χ3n) is 3.27. The van der Waals surface area contributed by atoms with Crippen LogP contribution in [0.2, 0.25) is 0 Å². The van der Waals surface area contributed by atoms with Crippen molar-refractivity contribution < 1.29 is 23.4 Å². The number of aliphatic hydroxyl groups is 1. The lowest BCUT2D eigenvalue weighted by Crippen LogP contribution is -2.29. The summed E-state index contributed by atoms with van der Waals surface area (Å²) in [6.45, 7) is 0.815. The number of aromatic carboxylic acids is 1. The highest BCUT2D eigenvalue weighted by atomic mass is 79.9. The first-order valence-electron chi connectivity index (χ1n) is 6.00. The zero-order chi connectivity index (χ0) is 14.9. The highest BCUT2D eigenvalue weighted by molar-refractivity contribution is 9.11. The first-order chi connectivity index (χ1) is 9.36. The van der Waals surface area contributed by atoms with Crippen LogP contribution in [0.25, 0.3) is 0 Å². The van der Waals surface area contributed by atoms with Crippen LogP contribution in [-0.2, 0) is 10.0 Å². The molecule has 0 spiro atoms. The maximum Gasteiger partial charge on any atom is 0.345 e. The van der Waals surface area contributed by atoms with Gasteiger partial charge in [-0.2, -0.15) is 4.31 Å². The lowest BCUT2D eigenvalue weighted by atomic mass is 10.1. The Morgan fingerprint density at radius 2 is 2.25 bits per heavy atom. The van der Waals surface area contributed by atoms with Gasteiger partial charge in [-0.15, -0.1) is 11.3 Å². The number of rotatable bonds is 5. The van der Waals surface area contributed by atoms with Gasteiger partial charge in [0, 0.05) is 19.7 Å². The number of sulfonamides is 1. The second kappa shape index (κ2) is 6.10. The summed E-state index contributed by atoms with van der Waals surface area (Å²) >= 11 is 4.01. The van der Waals surface area contributed by atoms with E-state index in [2.05, 4.69) is 15.9 Å². The molecular formula is C11H14BrNO5S2. The minimum absolute atomic E-state index is 0.00421. The molecule has 9 heteroatoms. The molecule has 1 aliphatic rings. The van der Waals surface area contributed by atoms with E-state index in [1.54, 1.807) is 0 Å². The summed E-state index contributed by atoms with van der Waals surface area (Å²) < 4.78 is 26.6. The summed E-state index contributed by atoms with van der Waals surface area (Å²) in [4.78, 5) is 10.9. The number of nitrogens with zero attached hydrogens (tertiary/aromatic N) is 1. The van der Waals surface area contributed by atoms with Gasteiger partial charge in [-0.1, -0.05) is 0 Å². The molecule has 1 atom stereocenters. The van der Waals surface area contributed by atoms with Gasteiger partial charge in [0.15, 0.2) is 0 Å². The molecule has 0 aromatic carbocycles. The molecule has 1 saturated heterocycles. The van der Waals surface area contributed by atoms with Crippen LogP contribution < -0.4 is 0 Å². The topological polar surface area (TPSA) is 94.9 Å². The molecule has 6 nitrogen and oxygen atoms in total. The Balaban J connectivity index is 2.25. The highest BCUT2D eigenvalue weighted by Gasteiger charge is 2.34. The van der Waals surface area contributed by atoms with Crippen LogP contribution in [0.5, 0.6) is 0 Å². The fraction of sp³-hybridized carbons (Fsp3) is 0.545. The molecule has 2 rings (SSSR count). The quantitative estimate of drug-likeness (QED) is 0.804. The van der Waals surface area contributed by atoms with Gasteiger partial charge < -0.3 is 10.2 Å². The SMILES string of the molecule is O=C(O)c1cc(S(=O)(=O)N2CCC(CCO)C2)c(Br)s1. The first-order valence-corrected chi connectivity index (χ1v) is 9.05. The van der Waals surface area contributed by atoms with Gasteiger partial charge in [-0.3, -0.25) is 0 Å². The average molecular weight is 384 g/mol. The average Bonchev–Trinajstić information content (AvgIpc) is 2.96. The molecule has 2 N–H and O–H groups in total. The predicted molar refractivity (Wildman–Crippen MR) is 77.5 cm³/mol. The van der Waals surface area contributed by atoms with E-state index in [1.807, 2.05) is 0 Å². The largest absolute Gasteiger partial charge is 0.477 e. The Morgan fingerprint density at radius 1 is 1.55 bits per heavy atom. The van der Waals surface area contributed by atoms with Crippen molar-refractivity contribution >= 4 is 43.3 Å². The second-order valence-corrected chi connectivity index (χ2v) is 8.86. The summed E-state index contributed by atoms with van der Waals surface area (Å²) in [5.41, 5.74) is 0. The van der Waals surface area contributed by atoms with E-state index in [1.165, 1.54) is 10.4 Å². The van der Waals surface area contributed by atoms with Gasteiger partial charge in [-0.05, 0) is 40.8 Å². The molecule has 20 heavy (non-hydrogen) atoms. The Labute approximate surface area is 129 Å². The molecule has 1 unspecified atom stereocenters. The number of aliphatic hydroxyl groups excluding tert-OH is 1. The number of thiophene rings is 1. The van der Waals surface area contributed by atoms with Gasteiger partial charge in [0.25, 0.3) is 0 Å². The number of halogens is 1. The lowest BCUT2D eigenvalue weighted by Gasteiger charge is -2.15. The highest BCUT2D eigenvalue weighted by Crippen LogP contribution is 2.35. The van der Waals surface area contributed by atoms with E-state index < -0.39 is 16.0 Å². The smallest absolute Gasteiger partial charge is 0.345 e. The maximum absolute atomic E-state index is 12.5. The molecule has 1 aromatic heterocycles. The molecule has 112 valence electrons. The molecule has 1 aromatic rings. The number of carbonyl (C=O) groups is 1. The van der Waals surface area contributed by atoms with Crippen LogP contribution in [-0.4, -0.2) is 48.6 Å². The van der Waals surface area contributed by atoms with Crippen LogP contribution in [0.4, 0.5) is 0 Å². The third kappa shape index (κ3) is 3.06. The van der Waals surface area contributed by atoms with Crippen LogP contribution in [0, 0.1) is 5.92 Å². The summed E-state index contributed by atoms with van der Waals surface area (Å²) in [6.07, 6.45) is 1.30. The van der Waals surface area contributed by atoms with Gasteiger partial charge >= 0.3 is 5.97 Å². The molecule has 0 radical (unpaired) electrons. The van der Waals surface area contributed by atoms with Crippen molar-refractivity contribution in [1.82, 2.24) is 4.31 Å². The molecular weight excluding hydrogens is 370 g/mol. The van der Waals surface area contributed by atoms with E-state index in [0.717, 1.165) is 11.3 Å². The Bertz CT molecular complexity index is 612. The van der Waals surface area contributed by atoms with Crippen LogP contribution >= 0.6 is 27.3 Å². The standard InChI is InChI=1S/C11H14BrNO5S2/c12-10-9(5-8(19-10)11(15)16)20(17,18)13-3-1-7(6-13)2-4-14/h5,7,14H,1-4,6H2,(H,15,16). The van der Waals surface area contributed by atoms with E-state index in [9.17, 15) is 13.2 Å². The number of hydrogen-bond acceptors (Lipinski definition) is 5. The zero-order valence-corrected chi connectivity index (χ0v) is 13.7. The van der Waals surface area contributed by atoms with Crippen molar-refractivity contribution in [2.45, 2.75) is 17.7 Å². The summed E-state index contributed by atoms with van der Waals surface area (Å²) in [6, 6.07) is 1.19. The second-order valence-electron chi connectivity index (χ2n) is 4.58. The van der Waals surface area contributed by atoms with Crippen molar-refractivity contribution in [3.05, 3.63) is 14.7 Å². The Hall–Kier alpha value is -0.480. The molecule has 2 heterocycles. The van der Waals surface area contributed by atoms with Crippen LogP contribution in [0.15, 0.2) is 14.7 Å². The zero-order valence-electron chi connectivity index (χ0n) is 10.5. The van der Waals surface area contributed by atoms with E-state index in [4.69, 9.17) is 10.2 Å². The van der Waals surface area contributed by atoms with Crippen LogP contribution in [0.1, 0.15) is 22.5 Å².